The molecule has 0 bridgehead atoms. The summed E-state index contributed by atoms with van der Waals surface area (Å²) in [7, 11) is 0. The van der Waals surface area contributed by atoms with Crippen molar-refractivity contribution in [3.05, 3.63) is 70.9 Å². The minimum absolute atomic E-state index is 0.0666. The third-order valence-electron chi connectivity index (χ3n) is 9.02. The Labute approximate surface area is 259 Å². The van der Waals surface area contributed by atoms with Gasteiger partial charge in [-0.05, 0) is 115 Å². The topological polar surface area (TPSA) is 59.1 Å². The smallest absolute Gasteiger partial charge is 0.238 e. The lowest BCUT2D eigenvalue weighted by atomic mass is 9.79. The van der Waals surface area contributed by atoms with Crippen LogP contribution in [-0.4, -0.2) is 31.8 Å². The molecule has 6 heteroatoms. The van der Waals surface area contributed by atoms with Crippen LogP contribution >= 0.6 is 0 Å². The van der Waals surface area contributed by atoms with Gasteiger partial charge in [-0.2, -0.15) is 0 Å². The maximum atomic E-state index is 13.4. The van der Waals surface area contributed by atoms with Gasteiger partial charge in [-0.15, -0.1) is 0 Å². The Kier molecular flexibility index (Phi) is 12.0. The van der Waals surface area contributed by atoms with E-state index >= 15 is 0 Å². The van der Waals surface area contributed by atoms with Crippen molar-refractivity contribution in [2.75, 3.05) is 29.9 Å². The minimum Gasteiger partial charge on any atom is -0.358 e. The maximum absolute atomic E-state index is 13.4. The van der Waals surface area contributed by atoms with Crippen LogP contribution in [0.1, 0.15) is 92.9 Å². The lowest BCUT2D eigenvalue weighted by molar-refractivity contribution is -0.122. The Morgan fingerprint density at radius 1 is 0.767 bits per heavy atom. The summed E-state index contributed by atoms with van der Waals surface area (Å²) in [5.74, 6) is 0.297. The van der Waals surface area contributed by atoms with Gasteiger partial charge in [0.2, 0.25) is 11.8 Å². The fraction of sp³-hybridized carbons (Fsp3) is 0.568. The minimum atomic E-state index is -0.245. The van der Waals surface area contributed by atoms with Gasteiger partial charge < -0.3 is 4.74 Å². The number of fused-ring (bicyclic) bond motifs is 2. The number of hydrogen-bond donors (Lipinski definition) is 0. The van der Waals surface area contributed by atoms with Gasteiger partial charge in [0.05, 0.1) is 36.4 Å². The Morgan fingerprint density at radius 3 is 2.00 bits per heavy atom. The standard InChI is InChI=1S/C35H46N2O4.C2H6/c1-24(2)7-5-9-26-11-13-28-22-41-36(23-40-21-29(28)19-26)30-14-16-31(17-15-30)37-34(38)32-18-12-27(10-6-8-25(3)4)20-33(32)35(37)39;1-2/h7-8,11-12,14-17,28-29,32-33H,5-6,9-10,13,18-23H2,1-4H3;1-2H3. The zero-order chi connectivity index (χ0) is 30.9. The van der Waals surface area contributed by atoms with Gasteiger partial charge >= 0.3 is 0 Å². The number of nitrogens with zero attached hydrogens (tertiary/aromatic N) is 2. The van der Waals surface area contributed by atoms with Crippen molar-refractivity contribution in [2.45, 2.75) is 92.9 Å². The van der Waals surface area contributed by atoms with Crippen LogP contribution in [0.5, 0.6) is 0 Å². The van der Waals surface area contributed by atoms with Gasteiger partial charge in [-0.3, -0.25) is 19.3 Å². The first-order chi connectivity index (χ1) is 20.8. The molecule has 2 aliphatic carbocycles. The highest BCUT2D eigenvalue weighted by Gasteiger charge is 2.49. The molecule has 0 aromatic heterocycles. The monoisotopic (exact) mass is 588 g/mol. The van der Waals surface area contributed by atoms with Gasteiger partial charge in [-0.25, -0.2) is 5.06 Å². The predicted octanol–water partition coefficient (Wildman–Crippen LogP) is 8.71. The van der Waals surface area contributed by atoms with Crippen LogP contribution in [-0.2, 0) is 19.2 Å². The van der Waals surface area contributed by atoms with E-state index in [0.717, 1.165) is 50.8 Å². The Morgan fingerprint density at radius 2 is 1.35 bits per heavy atom. The van der Waals surface area contributed by atoms with E-state index < -0.39 is 0 Å². The molecule has 4 aliphatic rings. The molecule has 2 heterocycles. The van der Waals surface area contributed by atoms with Gasteiger partial charge in [-0.1, -0.05) is 60.4 Å². The normalized spacial score (nSPS) is 25.3. The van der Waals surface area contributed by atoms with E-state index in [1.165, 1.54) is 21.6 Å². The van der Waals surface area contributed by atoms with Crippen LogP contribution in [0.2, 0.25) is 0 Å². The molecule has 2 saturated heterocycles. The highest BCUT2D eigenvalue weighted by molar-refractivity contribution is 6.22. The summed E-state index contributed by atoms with van der Waals surface area (Å²) in [5, 5.41) is 1.80. The Hall–Kier alpha value is -2.96. The van der Waals surface area contributed by atoms with E-state index in [-0.39, 0.29) is 23.7 Å². The number of allylic oxidation sites excluding steroid dienone is 8. The second-order valence-corrected chi connectivity index (χ2v) is 12.7. The van der Waals surface area contributed by atoms with Gasteiger partial charge in [0, 0.05) is 0 Å². The quantitative estimate of drug-likeness (QED) is 0.225. The SMILES string of the molecule is CC.CC(C)=CCCC1=CCC2CON(c3ccc(N4C(=O)C5CC=C(CCC=C(C)C)CC5C4=O)cc3)COCC2C1. The second kappa shape index (κ2) is 15.7. The molecule has 43 heavy (non-hydrogen) atoms. The molecule has 4 atom stereocenters. The number of carbonyl (C=O) groups excluding carboxylic acids is 2. The molecular formula is C37H52N2O4. The van der Waals surface area contributed by atoms with Crippen molar-refractivity contribution in [1.29, 1.82) is 0 Å². The van der Waals surface area contributed by atoms with Gasteiger partial charge in [0.1, 0.15) is 6.73 Å². The van der Waals surface area contributed by atoms with Gasteiger partial charge in [0.15, 0.2) is 0 Å². The third kappa shape index (κ3) is 8.36. The first kappa shape index (κ1) is 32.9. The summed E-state index contributed by atoms with van der Waals surface area (Å²) in [4.78, 5) is 34.3. The molecule has 5 rings (SSSR count). The number of hydrogen-bond acceptors (Lipinski definition) is 5. The van der Waals surface area contributed by atoms with Crippen molar-refractivity contribution in [2.24, 2.45) is 23.7 Å². The molecule has 0 spiro atoms. The van der Waals surface area contributed by atoms with Crippen LogP contribution in [0, 0.1) is 23.7 Å². The molecule has 2 fully saturated rings. The van der Waals surface area contributed by atoms with Crippen LogP contribution in [0.25, 0.3) is 0 Å². The van der Waals surface area contributed by atoms with Gasteiger partial charge in [0.25, 0.3) is 0 Å². The average Bonchev–Trinajstić information content (AvgIpc) is 3.23. The van der Waals surface area contributed by atoms with E-state index in [1.54, 1.807) is 10.6 Å². The molecule has 4 unspecified atom stereocenters. The zero-order valence-corrected chi connectivity index (χ0v) is 27.2. The molecule has 0 saturated carbocycles. The third-order valence-corrected chi connectivity index (χ3v) is 9.02. The largest absolute Gasteiger partial charge is 0.358 e. The summed E-state index contributed by atoms with van der Waals surface area (Å²) in [6.07, 6.45) is 16.8. The van der Waals surface area contributed by atoms with E-state index in [9.17, 15) is 9.59 Å². The van der Waals surface area contributed by atoms with Crippen molar-refractivity contribution in [3.8, 4) is 0 Å². The molecule has 1 aromatic carbocycles. The molecule has 6 nitrogen and oxygen atoms in total. The Balaban J connectivity index is 0.00000207. The Bertz CT molecular complexity index is 1230. The summed E-state index contributed by atoms with van der Waals surface area (Å²) in [6, 6.07) is 7.56. The first-order valence-corrected chi connectivity index (χ1v) is 16.4. The summed E-state index contributed by atoms with van der Waals surface area (Å²) >= 11 is 0. The number of rotatable bonds is 8. The number of carbonyl (C=O) groups is 2. The van der Waals surface area contributed by atoms with Crippen molar-refractivity contribution < 1.29 is 19.2 Å². The number of amides is 2. The number of anilines is 2. The van der Waals surface area contributed by atoms with Crippen LogP contribution in [0.4, 0.5) is 11.4 Å². The molecule has 2 aliphatic heterocycles. The molecular weight excluding hydrogens is 536 g/mol. The first-order valence-electron chi connectivity index (χ1n) is 16.4. The predicted molar refractivity (Wildman–Crippen MR) is 175 cm³/mol. The van der Waals surface area contributed by atoms with Crippen molar-refractivity contribution in [1.82, 2.24) is 0 Å². The number of benzene rings is 1. The highest BCUT2D eigenvalue weighted by atomic mass is 16.7. The van der Waals surface area contributed by atoms with Crippen molar-refractivity contribution >= 4 is 23.2 Å². The summed E-state index contributed by atoms with van der Waals surface area (Å²) in [5.41, 5.74) is 7.03. The average molecular weight is 589 g/mol. The zero-order valence-electron chi connectivity index (χ0n) is 27.2. The van der Waals surface area contributed by atoms with E-state index in [0.29, 0.717) is 43.7 Å². The summed E-state index contributed by atoms with van der Waals surface area (Å²) < 4.78 is 6.12. The number of hydroxylamine groups is 1. The fourth-order valence-corrected chi connectivity index (χ4v) is 6.62. The second-order valence-electron chi connectivity index (χ2n) is 12.7. The number of imide groups is 1. The van der Waals surface area contributed by atoms with E-state index in [4.69, 9.17) is 9.57 Å². The number of ether oxygens (including phenoxy) is 1. The van der Waals surface area contributed by atoms with Crippen LogP contribution in [0.15, 0.2) is 70.9 Å². The molecule has 0 radical (unpaired) electrons. The van der Waals surface area contributed by atoms with Crippen molar-refractivity contribution in [3.63, 3.8) is 0 Å². The lowest BCUT2D eigenvalue weighted by Crippen LogP contribution is -2.38. The summed E-state index contributed by atoms with van der Waals surface area (Å²) in [6.45, 7) is 14.3. The lowest BCUT2D eigenvalue weighted by Gasteiger charge is -2.36. The maximum Gasteiger partial charge on any atom is 0.238 e. The van der Waals surface area contributed by atoms with Crippen LogP contribution < -0.4 is 9.96 Å². The highest BCUT2D eigenvalue weighted by Crippen LogP contribution is 2.41. The molecule has 234 valence electrons. The molecule has 0 N–H and O–H groups in total. The van der Waals surface area contributed by atoms with E-state index in [2.05, 4.69) is 52.0 Å². The van der Waals surface area contributed by atoms with Crippen LogP contribution in [0.3, 0.4) is 0 Å². The molecule has 1 aromatic rings. The van der Waals surface area contributed by atoms with E-state index in [1.807, 2.05) is 38.1 Å². The fourth-order valence-electron chi connectivity index (χ4n) is 6.62. The molecule has 2 amide bonds.